The second kappa shape index (κ2) is 8.06. The number of rotatable bonds is 3. The average Bonchev–Trinajstić information content (AvgIpc) is 2.66. The molecule has 0 radical (unpaired) electrons. The summed E-state index contributed by atoms with van der Waals surface area (Å²) in [7, 11) is 0. The van der Waals surface area contributed by atoms with Gasteiger partial charge in [0.05, 0.1) is 5.52 Å². The number of likely N-dealkylation sites (tertiary alicyclic amines) is 1. The van der Waals surface area contributed by atoms with E-state index < -0.39 is 11.6 Å². The van der Waals surface area contributed by atoms with Crippen molar-refractivity contribution in [2.75, 3.05) is 13.1 Å². The largest absolute Gasteiger partial charge is 0.299 e. The summed E-state index contributed by atoms with van der Waals surface area (Å²) in [6, 6.07) is 10.4. The number of nitrogens with zero attached hydrogens (tertiary/aromatic N) is 3. The van der Waals surface area contributed by atoms with E-state index in [1.165, 1.54) is 0 Å². The van der Waals surface area contributed by atoms with Gasteiger partial charge in [-0.15, -0.1) is 12.4 Å². The maximum Gasteiger partial charge on any atom is 0.163 e. The molecular formula is C20H20ClF2N3. The average molecular weight is 376 g/mol. The molecule has 1 aromatic carbocycles. The van der Waals surface area contributed by atoms with Crippen molar-refractivity contribution in [2.45, 2.75) is 25.3 Å². The molecule has 0 spiro atoms. The van der Waals surface area contributed by atoms with E-state index in [0.29, 0.717) is 18.0 Å². The van der Waals surface area contributed by atoms with E-state index in [1.807, 2.05) is 18.3 Å². The van der Waals surface area contributed by atoms with Crippen LogP contribution in [-0.4, -0.2) is 28.0 Å². The van der Waals surface area contributed by atoms with Gasteiger partial charge >= 0.3 is 0 Å². The number of aromatic nitrogens is 2. The predicted octanol–water partition coefficient (Wildman–Crippen LogP) is 4.71. The van der Waals surface area contributed by atoms with Crippen molar-refractivity contribution in [3.05, 3.63) is 71.7 Å². The summed E-state index contributed by atoms with van der Waals surface area (Å²) in [6.45, 7) is 2.15. The minimum absolute atomic E-state index is 0. The van der Waals surface area contributed by atoms with Crippen LogP contribution in [0.5, 0.6) is 0 Å². The molecular weight excluding hydrogens is 356 g/mol. The Hall–Kier alpha value is -2.11. The molecule has 0 bridgehead atoms. The zero-order chi connectivity index (χ0) is 17.2. The van der Waals surface area contributed by atoms with Gasteiger partial charge in [0.25, 0.3) is 0 Å². The van der Waals surface area contributed by atoms with E-state index >= 15 is 0 Å². The first-order valence-corrected chi connectivity index (χ1v) is 8.56. The van der Waals surface area contributed by atoms with Gasteiger partial charge in [0, 0.05) is 41.5 Å². The Balaban J connectivity index is 0.00000196. The summed E-state index contributed by atoms with van der Waals surface area (Å²) in [6.07, 6.45) is 5.60. The van der Waals surface area contributed by atoms with Crippen LogP contribution in [0.15, 0.2) is 48.8 Å². The number of hydrogen-bond donors (Lipinski definition) is 0. The Morgan fingerprint density at radius 1 is 1.04 bits per heavy atom. The Bertz CT molecular complexity index is 895. The van der Waals surface area contributed by atoms with Crippen molar-refractivity contribution in [2.24, 2.45) is 0 Å². The first kappa shape index (κ1) is 18.7. The molecule has 3 nitrogen and oxygen atoms in total. The van der Waals surface area contributed by atoms with E-state index in [1.54, 1.807) is 18.3 Å². The highest BCUT2D eigenvalue weighted by Gasteiger charge is 2.23. The molecule has 0 atom stereocenters. The van der Waals surface area contributed by atoms with Crippen LogP contribution in [-0.2, 0) is 6.54 Å². The lowest BCUT2D eigenvalue weighted by molar-refractivity contribution is 0.200. The summed E-state index contributed by atoms with van der Waals surface area (Å²) >= 11 is 0. The van der Waals surface area contributed by atoms with Crippen molar-refractivity contribution in [3.8, 4) is 0 Å². The van der Waals surface area contributed by atoms with Crippen LogP contribution in [0.4, 0.5) is 8.78 Å². The van der Waals surface area contributed by atoms with Crippen molar-refractivity contribution < 1.29 is 8.78 Å². The van der Waals surface area contributed by atoms with Gasteiger partial charge in [-0.2, -0.15) is 0 Å². The second-order valence-electron chi connectivity index (χ2n) is 6.57. The Morgan fingerprint density at radius 2 is 1.85 bits per heavy atom. The molecule has 0 amide bonds. The molecule has 0 saturated carbocycles. The highest BCUT2D eigenvalue weighted by Crippen LogP contribution is 2.29. The summed E-state index contributed by atoms with van der Waals surface area (Å²) in [5.41, 5.74) is 2.46. The fourth-order valence-corrected chi connectivity index (χ4v) is 3.50. The number of piperidine rings is 1. The molecule has 26 heavy (non-hydrogen) atoms. The number of pyridine rings is 2. The van der Waals surface area contributed by atoms with Gasteiger partial charge in [-0.05, 0) is 50.2 Å². The number of benzene rings is 1. The predicted molar refractivity (Wildman–Crippen MR) is 100 cm³/mol. The molecule has 1 fully saturated rings. The first-order chi connectivity index (χ1) is 12.2. The molecule has 1 saturated heterocycles. The molecule has 0 unspecified atom stereocenters. The van der Waals surface area contributed by atoms with Crippen molar-refractivity contribution >= 4 is 23.3 Å². The van der Waals surface area contributed by atoms with E-state index in [9.17, 15) is 8.78 Å². The van der Waals surface area contributed by atoms with E-state index in [-0.39, 0.29) is 12.4 Å². The van der Waals surface area contributed by atoms with Gasteiger partial charge in [0.2, 0.25) is 0 Å². The highest BCUT2D eigenvalue weighted by molar-refractivity contribution is 5.85. The third kappa shape index (κ3) is 3.84. The van der Waals surface area contributed by atoms with E-state index in [4.69, 9.17) is 0 Å². The van der Waals surface area contributed by atoms with Gasteiger partial charge in [0.15, 0.2) is 11.6 Å². The molecule has 4 rings (SSSR count). The molecule has 3 aromatic rings. The summed E-state index contributed by atoms with van der Waals surface area (Å²) < 4.78 is 27.2. The minimum Gasteiger partial charge on any atom is -0.299 e. The standard InChI is InChI=1S/C20H19F2N3.ClH/c21-17-5-1-3-16(20(17)22)13-25-9-6-14(7-10-25)18-11-19-15(12-24-18)4-2-8-23-19;/h1-5,8,11-12,14H,6-7,9-10,13H2;1H. The monoisotopic (exact) mass is 375 g/mol. The highest BCUT2D eigenvalue weighted by atomic mass is 35.5. The third-order valence-corrected chi connectivity index (χ3v) is 4.94. The van der Waals surface area contributed by atoms with Crippen molar-refractivity contribution in [1.82, 2.24) is 14.9 Å². The number of hydrogen-bond acceptors (Lipinski definition) is 3. The maximum absolute atomic E-state index is 13.8. The van der Waals surface area contributed by atoms with E-state index in [2.05, 4.69) is 20.9 Å². The molecule has 1 aliphatic rings. The first-order valence-electron chi connectivity index (χ1n) is 8.56. The zero-order valence-electron chi connectivity index (χ0n) is 14.2. The topological polar surface area (TPSA) is 29.0 Å². The van der Waals surface area contributed by atoms with Gasteiger partial charge in [-0.25, -0.2) is 8.78 Å². The zero-order valence-corrected chi connectivity index (χ0v) is 15.1. The Labute approximate surface area is 157 Å². The molecule has 0 aliphatic carbocycles. The minimum atomic E-state index is -0.778. The smallest absolute Gasteiger partial charge is 0.163 e. The molecule has 1 aliphatic heterocycles. The summed E-state index contributed by atoms with van der Waals surface area (Å²) in [5, 5.41) is 1.05. The molecule has 2 aromatic heterocycles. The van der Waals surface area contributed by atoms with Crippen molar-refractivity contribution in [3.63, 3.8) is 0 Å². The SMILES string of the molecule is Cl.Fc1cccc(CN2CCC(c3cc4ncccc4cn3)CC2)c1F. The quantitative estimate of drug-likeness (QED) is 0.664. The summed E-state index contributed by atoms with van der Waals surface area (Å²) in [5.74, 6) is -1.12. The van der Waals surface area contributed by atoms with Crippen molar-refractivity contribution in [1.29, 1.82) is 0 Å². The summed E-state index contributed by atoms with van der Waals surface area (Å²) in [4.78, 5) is 11.2. The van der Waals surface area contributed by atoms with Crippen LogP contribution < -0.4 is 0 Å². The Morgan fingerprint density at radius 3 is 2.65 bits per heavy atom. The van der Waals surface area contributed by atoms with Gasteiger partial charge in [-0.3, -0.25) is 14.9 Å². The molecule has 0 N–H and O–H groups in total. The fourth-order valence-electron chi connectivity index (χ4n) is 3.50. The lowest BCUT2D eigenvalue weighted by Gasteiger charge is -2.31. The van der Waals surface area contributed by atoms with Crippen LogP contribution >= 0.6 is 12.4 Å². The van der Waals surface area contributed by atoms with Crippen LogP contribution in [0, 0.1) is 11.6 Å². The lowest BCUT2D eigenvalue weighted by Crippen LogP contribution is -2.33. The Kier molecular flexibility index (Phi) is 5.79. The number of fused-ring (bicyclic) bond motifs is 1. The lowest BCUT2D eigenvalue weighted by atomic mass is 9.92. The maximum atomic E-state index is 13.8. The molecule has 136 valence electrons. The van der Waals surface area contributed by atoms with Gasteiger partial charge < -0.3 is 0 Å². The number of halogens is 3. The molecule has 6 heteroatoms. The normalized spacial score (nSPS) is 15.8. The van der Waals surface area contributed by atoms with Crippen LogP contribution in [0.3, 0.4) is 0 Å². The molecule has 3 heterocycles. The third-order valence-electron chi connectivity index (χ3n) is 4.94. The van der Waals surface area contributed by atoms with Crippen LogP contribution in [0.25, 0.3) is 10.9 Å². The van der Waals surface area contributed by atoms with E-state index in [0.717, 1.165) is 48.6 Å². The van der Waals surface area contributed by atoms with Gasteiger partial charge in [-0.1, -0.05) is 12.1 Å². The second-order valence-corrected chi connectivity index (χ2v) is 6.57. The van der Waals surface area contributed by atoms with Gasteiger partial charge in [0.1, 0.15) is 0 Å². The fraction of sp³-hybridized carbons (Fsp3) is 0.300. The van der Waals surface area contributed by atoms with Crippen LogP contribution in [0.1, 0.15) is 30.0 Å². The van der Waals surface area contributed by atoms with Crippen LogP contribution in [0.2, 0.25) is 0 Å².